The monoisotopic (exact) mass is 223 g/mol. The fraction of sp³-hybridized carbons (Fsp3) is 0.556. The number of nitrogens with one attached hydrogen (secondary N) is 1. The number of piperazine rings is 1. The fourth-order valence-corrected chi connectivity index (χ4v) is 1.67. The zero-order valence-corrected chi connectivity index (χ0v) is 8.96. The number of hydrogen-bond acceptors (Lipinski definition) is 4. The molecule has 2 rings (SSSR count). The molecule has 1 aliphatic heterocycles. The molecule has 16 heavy (non-hydrogen) atoms. The van der Waals surface area contributed by atoms with Crippen molar-refractivity contribution < 1.29 is 9.59 Å². The molecule has 0 saturated carbocycles. The van der Waals surface area contributed by atoms with Gasteiger partial charge in [-0.05, 0) is 6.92 Å². The van der Waals surface area contributed by atoms with Crippen molar-refractivity contribution >= 4 is 11.8 Å². The first kappa shape index (κ1) is 10.6. The van der Waals surface area contributed by atoms with Gasteiger partial charge in [0.15, 0.2) is 0 Å². The first-order chi connectivity index (χ1) is 7.68. The van der Waals surface area contributed by atoms with Gasteiger partial charge in [-0.15, -0.1) is 5.10 Å². The molecule has 1 saturated heterocycles. The number of carbonyl (C=O) groups is 2. The molecule has 1 unspecified atom stereocenters. The van der Waals surface area contributed by atoms with Gasteiger partial charge in [0, 0.05) is 19.3 Å². The zero-order valence-electron chi connectivity index (χ0n) is 8.96. The molecule has 0 bridgehead atoms. The molecule has 7 nitrogen and oxygen atoms in total. The Morgan fingerprint density at radius 3 is 3.19 bits per heavy atom. The van der Waals surface area contributed by atoms with E-state index in [1.54, 1.807) is 18.0 Å². The Labute approximate surface area is 92.4 Å². The smallest absolute Gasteiger partial charge is 0.245 e. The van der Waals surface area contributed by atoms with Crippen LogP contribution < -0.4 is 5.32 Å². The Morgan fingerprint density at radius 2 is 2.50 bits per heavy atom. The van der Waals surface area contributed by atoms with E-state index in [1.165, 1.54) is 10.9 Å². The van der Waals surface area contributed by atoms with E-state index in [9.17, 15) is 9.59 Å². The van der Waals surface area contributed by atoms with Gasteiger partial charge in [-0.25, -0.2) is 4.68 Å². The topological polar surface area (TPSA) is 80.1 Å². The van der Waals surface area contributed by atoms with Crippen molar-refractivity contribution in [3.05, 3.63) is 12.4 Å². The van der Waals surface area contributed by atoms with Crippen molar-refractivity contribution in [1.29, 1.82) is 0 Å². The minimum absolute atomic E-state index is 0.113. The Morgan fingerprint density at radius 1 is 1.69 bits per heavy atom. The fourth-order valence-electron chi connectivity index (χ4n) is 1.67. The van der Waals surface area contributed by atoms with Crippen LogP contribution >= 0.6 is 0 Å². The third-order valence-electron chi connectivity index (χ3n) is 2.59. The molecule has 7 heteroatoms. The second-order valence-electron chi connectivity index (χ2n) is 3.65. The number of amides is 2. The highest BCUT2D eigenvalue weighted by Crippen LogP contribution is 2.05. The Hall–Kier alpha value is -1.92. The van der Waals surface area contributed by atoms with Gasteiger partial charge in [-0.3, -0.25) is 9.59 Å². The Balaban J connectivity index is 2.01. The van der Waals surface area contributed by atoms with Gasteiger partial charge in [0.05, 0.1) is 6.20 Å². The van der Waals surface area contributed by atoms with Crippen molar-refractivity contribution in [3.8, 4) is 0 Å². The summed E-state index contributed by atoms with van der Waals surface area (Å²) in [6.07, 6.45) is 3.13. The normalized spacial score (nSPS) is 20.7. The van der Waals surface area contributed by atoms with Gasteiger partial charge in [0.1, 0.15) is 12.6 Å². The number of rotatable bonds is 2. The van der Waals surface area contributed by atoms with Crippen molar-refractivity contribution in [2.75, 3.05) is 13.1 Å². The molecule has 86 valence electrons. The summed E-state index contributed by atoms with van der Waals surface area (Å²) < 4.78 is 1.45. The molecule has 0 radical (unpaired) electrons. The standard InChI is InChI=1S/C9H13N5O2/c1-7-9(16)10-2-5-14(7)8(15)6-13-4-3-11-12-13/h3-4,7H,2,5-6H2,1H3,(H,10,16). The van der Waals surface area contributed by atoms with Crippen LogP contribution in [-0.2, 0) is 16.1 Å². The molecule has 0 aliphatic carbocycles. The van der Waals surface area contributed by atoms with Crippen LogP contribution in [0, 0.1) is 0 Å². The second-order valence-corrected chi connectivity index (χ2v) is 3.65. The summed E-state index contributed by atoms with van der Waals surface area (Å²) in [5, 5.41) is 10.0. The molecule has 1 aromatic heterocycles. The third kappa shape index (κ3) is 2.02. The number of nitrogens with zero attached hydrogens (tertiary/aromatic N) is 4. The Bertz CT molecular complexity index is 389. The molecule has 1 N–H and O–H groups in total. The zero-order chi connectivity index (χ0) is 11.5. The summed E-state index contributed by atoms with van der Waals surface area (Å²) in [4.78, 5) is 24.8. The van der Waals surface area contributed by atoms with Gasteiger partial charge in [0.25, 0.3) is 0 Å². The van der Waals surface area contributed by atoms with E-state index in [2.05, 4.69) is 15.6 Å². The van der Waals surface area contributed by atoms with Crippen LogP contribution in [0.2, 0.25) is 0 Å². The lowest BCUT2D eigenvalue weighted by Gasteiger charge is -2.32. The van der Waals surface area contributed by atoms with Crippen LogP contribution in [0.15, 0.2) is 12.4 Å². The van der Waals surface area contributed by atoms with Crippen molar-refractivity contribution in [3.63, 3.8) is 0 Å². The molecule has 1 aromatic rings. The molecule has 1 aliphatic rings. The number of carbonyl (C=O) groups excluding carboxylic acids is 2. The van der Waals surface area contributed by atoms with E-state index in [4.69, 9.17) is 0 Å². The minimum Gasteiger partial charge on any atom is -0.353 e. The lowest BCUT2D eigenvalue weighted by Crippen LogP contribution is -2.56. The van der Waals surface area contributed by atoms with Gasteiger partial charge in [-0.2, -0.15) is 0 Å². The highest BCUT2D eigenvalue weighted by atomic mass is 16.2. The summed E-state index contributed by atoms with van der Waals surface area (Å²) in [6.45, 7) is 2.89. The second kappa shape index (κ2) is 4.30. The molecular formula is C9H13N5O2. The van der Waals surface area contributed by atoms with E-state index < -0.39 is 6.04 Å². The maximum absolute atomic E-state index is 11.9. The van der Waals surface area contributed by atoms with Crippen LogP contribution in [-0.4, -0.2) is 50.8 Å². The highest BCUT2D eigenvalue weighted by molar-refractivity contribution is 5.88. The molecule has 2 heterocycles. The van der Waals surface area contributed by atoms with Crippen molar-refractivity contribution in [2.45, 2.75) is 19.5 Å². The predicted octanol–water partition coefficient (Wildman–Crippen LogP) is -1.37. The average Bonchev–Trinajstić information content (AvgIpc) is 2.74. The lowest BCUT2D eigenvalue weighted by molar-refractivity contribution is -0.143. The van der Waals surface area contributed by atoms with Crippen molar-refractivity contribution in [1.82, 2.24) is 25.2 Å². The SMILES string of the molecule is CC1C(=O)NCCN1C(=O)Cn1ccnn1. The van der Waals surface area contributed by atoms with Crippen LogP contribution in [0.3, 0.4) is 0 Å². The minimum atomic E-state index is -0.412. The largest absolute Gasteiger partial charge is 0.353 e. The van der Waals surface area contributed by atoms with Crippen LogP contribution in [0.25, 0.3) is 0 Å². The summed E-state index contributed by atoms with van der Waals surface area (Å²) in [7, 11) is 0. The van der Waals surface area contributed by atoms with Crippen LogP contribution in [0.1, 0.15) is 6.92 Å². The first-order valence-corrected chi connectivity index (χ1v) is 5.10. The summed E-state index contributed by atoms with van der Waals surface area (Å²) in [5.41, 5.74) is 0. The molecular weight excluding hydrogens is 210 g/mol. The van der Waals surface area contributed by atoms with Gasteiger partial charge < -0.3 is 10.2 Å². The number of aromatic nitrogens is 3. The molecule has 1 atom stereocenters. The van der Waals surface area contributed by atoms with E-state index in [-0.39, 0.29) is 18.4 Å². The third-order valence-corrected chi connectivity index (χ3v) is 2.59. The van der Waals surface area contributed by atoms with E-state index in [0.29, 0.717) is 13.1 Å². The quantitative estimate of drug-likeness (QED) is 0.670. The average molecular weight is 223 g/mol. The van der Waals surface area contributed by atoms with Crippen molar-refractivity contribution in [2.24, 2.45) is 0 Å². The maximum Gasteiger partial charge on any atom is 0.245 e. The van der Waals surface area contributed by atoms with Gasteiger partial charge >= 0.3 is 0 Å². The van der Waals surface area contributed by atoms with Crippen LogP contribution in [0.4, 0.5) is 0 Å². The Kier molecular flexibility index (Phi) is 2.84. The lowest BCUT2D eigenvalue weighted by atomic mass is 10.2. The summed E-state index contributed by atoms with van der Waals surface area (Å²) in [6, 6.07) is -0.412. The molecule has 0 spiro atoms. The van der Waals surface area contributed by atoms with E-state index in [0.717, 1.165) is 0 Å². The first-order valence-electron chi connectivity index (χ1n) is 5.10. The van der Waals surface area contributed by atoms with Gasteiger partial charge in [-0.1, -0.05) is 5.21 Å². The highest BCUT2D eigenvalue weighted by Gasteiger charge is 2.29. The van der Waals surface area contributed by atoms with E-state index in [1.807, 2.05) is 0 Å². The maximum atomic E-state index is 11.9. The summed E-state index contributed by atoms with van der Waals surface area (Å²) >= 11 is 0. The van der Waals surface area contributed by atoms with Gasteiger partial charge in [0.2, 0.25) is 11.8 Å². The molecule has 2 amide bonds. The molecule has 1 fully saturated rings. The number of hydrogen-bond donors (Lipinski definition) is 1. The summed E-state index contributed by atoms with van der Waals surface area (Å²) in [5.74, 6) is -0.231. The van der Waals surface area contributed by atoms with Crippen LogP contribution in [0.5, 0.6) is 0 Å². The predicted molar refractivity (Wildman–Crippen MR) is 54.2 cm³/mol. The van der Waals surface area contributed by atoms with E-state index >= 15 is 0 Å². The molecule has 0 aromatic carbocycles.